The number of thiol groups is 2. The second-order valence-electron chi connectivity index (χ2n) is 6.90. The van der Waals surface area contributed by atoms with Gasteiger partial charge in [0.2, 0.25) is 0 Å². The lowest BCUT2D eigenvalue weighted by Gasteiger charge is -2.10. The molecule has 0 aliphatic carbocycles. The van der Waals surface area contributed by atoms with Gasteiger partial charge in [0.15, 0.2) is 0 Å². The van der Waals surface area contributed by atoms with Crippen molar-refractivity contribution in [3.05, 3.63) is 0 Å². The van der Waals surface area contributed by atoms with Crippen LogP contribution in [0, 0.1) is 0 Å². The highest BCUT2D eigenvalue weighted by atomic mass is 32.1. The fourth-order valence-electron chi connectivity index (χ4n) is 3.03. The molecule has 0 saturated heterocycles. The molecule has 0 aromatic heterocycles. The zero-order chi connectivity index (χ0) is 16.3. The van der Waals surface area contributed by atoms with Gasteiger partial charge in [0.05, 0.1) is 0 Å². The third kappa shape index (κ3) is 18.7. The molecule has 0 nitrogen and oxygen atoms in total. The Morgan fingerprint density at radius 3 is 1.32 bits per heavy atom. The molecule has 0 radical (unpaired) electrons. The molecule has 0 amide bonds. The van der Waals surface area contributed by atoms with Crippen LogP contribution >= 0.6 is 25.3 Å². The smallest absolute Gasteiger partial charge is 0.00168 e. The Balaban J connectivity index is 3.10. The predicted molar refractivity (Wildman–Crippen MR) is 111 cm³/mol. The fourth-order valence-corrected chi connectivity index (χ4v) is 3.62. The molecule has 0 N–H and O–H groups in total. The van der Waals surface area contributed by atoms with Crippen molar-refractivity contribution in [3.63, 3.8) is 0 Å². The van der Waals surface area contributed by atoms with Crippen molar-refractivity contribution >= 4 is 25.3 Å². The molecule has 0 spiro atoms. The van der Waals surface area contributed by atoms with Gasteiger partial charge < -0.3 is 0 Å². The maximum absolute atomic E-state index is 4.76. The van der Waals surface area contributed by atoms with Crippen LogP contribution in [0.4, 0.5) is 0 Å². The molecule has 0 rings (SSSR count). The lowest BCUT2D eigenvalue weighted by Crippen LogP contribution is -1.98. The third-order valence-electron chi connectivity index (χ3n) is 4.59. The highest BCUT2D eigenvalue weighted by molar-refractivity contribution is 7.81. The SMILES string of the molecule is CCCCCCCCC(S)CCCCCCCCCCCS. The summed E-state index contributed by atoms with van der Waals surface area (Å²) in [5, 5.41) is 0.660. The minimum absolute atomic E-state index is 0.660. The van der Waals surface area contributed by atoms with Gasteiger partial charge in [-0.15, -0.1) is 0 Å². The van der Waals surface area contributed by atoms with E-state index < -0.39 is 0 Å². The number of unbranched alkanes of at least 4 members (excludes halogenated alkanes) is 13. The van der Waals surface area contributed by atoms with Gasteiger partial charge in [0.25, 0.3) is 0 Å². The molecule has 1 unspecified atom stereocenters. The van der Waals surface area contributed by atoms with Crippen LogP contribution in [0.1, 0.15) is 116 Å². The van der Waals surface area contributed by atoms with E-state index in [1.165, 1.54) is 109 Å². The quantitative estimate of drug-likeness (QED) is 0.183. The van der Waals surface area contributed by atoms with Crippen LogP contribution in [0.15, 0.2) is 0 Å². The zero-order valence-corrected chi connectivity index (χ0v) is 17.0. The standard InChI is InChI=1S/C20H42S2/c1-2-3-4-5-11-14-17-20(22)18-15-12-9-7-6-8-10-13-16-19-21/h20-22H,2-19H2,1H3. The van der Waals surface area contributed by atoms with E-state index in [1.807, 2.05) is 0 Å². The predicted octanol–water partition coefficient (Wildman–Crippen LogP) is 7.87. The second kappa shape index (κ2) is 19.7. The minimum Gasteiger partial charge on any atom is -0.179 e. The Morgan fingerprint density at radius 1 is 0.545 bits per heavy atom. The van der Waals surface area contributed by atoms with Gasteiger partial charge in [-0.05, 0) is 25.0 Å². The second-order valence-corrected chi connectivity index (χ2v) is 8.08. The van der Waals surface area contributed by atoms with Crippen molar-refractivity contribution in [3.8, 4) is 0 Å². The summed E-state index contributed by atoms with van der Waals surface area (Å²) in [4.78, 5) is 0. The van der Waals surface area contributed by atoms with E-state index in [1.54, 1.807) is 0 Å². The van der Waals surface area contributed by atoms with Crippen molar-refractivity contribution in [2.75, 3.05) is 5.75 Å². The van der Waals surface area contributed by atoms with E-state index in [4.69, 9.17) is 12.6 Å². The van der Waals surface area contributed by atoms with E-state index >= 15 is 0 Å². The Labute approximate surface area is 152 Å². The van der Waals surface area contributed by atoms with Crippen LogP contribution in [0.5, 0.6) is 0 Å². The van der Waals surface area contributed by atoms with E-state index in [2.05, 4.69) is 19.6 Å². The lowest BCUT2D eigenvalue weighted by atomic mass is 10.0. The Hall–Kier alpha value is 0.700. The maximum atomic E-state index is 4.76. The first-order valence-corrected chi connectivity index (χ1v) is 11.2. The van der Waals surface area contributed by atoms with Crippen LogP contribution in [0.2, 0.25) is 0 Å². The van der Waals surface area contributed by atoms with E-state index in [9.17, 15) is 0 Å². The molecular formula is C20H42S2. The molecular weight excluding hydrogens is 304 g/mol. The Morgan fingerprint density at radius 2 is 0.909 bits per heavy atom. The fraction of sp³-hybridized carbons (Fsp3) is 1.00. The van der Waals surface area contributed by atoms with Crippen LogP contribution in [0.25, 0.3) is 0 Å². The number of hydrogen-bond acceptors (Lipinski definition) is 2. The molecule has 0 aliphatic heterocycles. The molecule has 0 aromatic rings. The van der Waals surface area contributed by atoms with Crippen molar-refractivity contribution in [1.29, 1.82) is 0 Å². The van der Waals surface area contributed by atoms with Gasteiger partial charge >= 0.3 is 0 Å². The molecule has 0 heterocycles. The molecule has 0 bridgehead atoms. The van der Waals surface area contributed by atoms with Crippen LogP contribution < -0.4 is 0 Å². The molecule has 0 saturated carbocycles. The van der Waals surface area contributed by atoms with E-state index in [0.29, 0.717) is 5.25 Å². The van der Waals surface area contributed by atoms with Crippen molar-refractivity contribution < 1.29 is 0 Å². The third-order valence-corrected chi connectivity index (χ3v) is 5.42. The summed E-state index contributed by atoms with van der Waals surface area (Å²) in [6, 6.07) is 0. The normalized spacial score (nSPS) is 12.7. The molecule has 134 valence electrons. The van der Waals surface area contributed by atoms with Crippen LogP contribution in [-0.4, -0.2) is 11.0 Å². The Kier molecular flexibility index (Phi) is 20.4. The summed E-state index contributed by atoms with van der Waals surface area (Å²) in [7, 11) is 0. The van der Waals surface area contributed by atoms with Gasteiger partial charge in [-0.2, -0.15) is 25.3 Å². The van der Waals surface area contributed by atoms with Crippen LogP contribution in [0.3, 0.4) is 0 Å². The highest BCUT2D eigenvalue weighted by Gasteiger charge is 2.02. The average Bonchev–Trinajstić information content (AvgIpc) is 2.52. The van der Waals surface area contributed by atoms with Gasteiger partial charge in [0, 0.05) is 5.25 Å². The topological polar surface area (TPSA) is 0 Å². The molecule has 1 atom stereocenters. The van der Waals surface area contributed by atoms with Crippen molar-refractivity contribution in [1.82, 2.24) is 0 Å². The minimum atomic E-state index is 0.660. The molecule has 0 fully saturated rings. The van der Waals surface area contributed by atoms with Crippen LogP contribution in [-0.2, 0) is 0 Å². The van der Waals surface area contributed by atoms with Gasteiger partial charge in [-0.3, -0.25) is 0 Å². The van der Waals surface area contributed by atoms with Crippen molar-refractivity contribution in [2.24, 2.45) is 0 Å². The van der Waals surface area contributed by atoms with E-state index in [-0.39, 0.29) is 0 Å². The van der Waals surface area contributed by atoms with E-state index in [0.717, 1.165) is 5.75 Å². The Bertz CT molecular complexity index is 194. The summed E-state index contributed by atoms with van der Waals surface area (Å²) in [5.74, 6) is 1.06. The average molecular weight is 347 g/mol. The molecule has 0 aromatic carbocycles. The highest BCUT2D eigenvalue weighted by Crippen LogP contribution is 2.18. The zero-order valence-electron chi connectivity index (χ0n) is 15.2. The summed E-state index contributed by atoms with van der Waals surface area (Å²) in [6.07, 6.45) is 23.8. The summed E-state index contributed by atoms with van der Waals surface area (Å²) < 4.78 is 0. The number of hydrogen-bond donors (Lipinski definition) is 2. The van der Waals surface area contributed by atoms with Crippen molar-refractivity contribution in [2.45, 2.75) is 121 Å². The summed E-state index contributed by atoms with van der Waals surface area (Å²) in [6.45, 7) is 2.29. The number of rotatable bonds is 18. The summed E-state index contributed by atoms with van der Waals surface area (Å²) in [5.41, 5.74) is 0. The van der Waals surface area contributed by atoms with Gasteiger partial charge in [0.1, 0.15) is 0 Å². The first-order valence-electron chi connectivity index (χ1n) is 10.1. The largest absolute Gasteiger partial charge is 0.179 e. The molecule has 0 aliphatic rings. The van der Waals surface area contributed by atoms with Gasteiger partial charge in [-0.1, -0.05) is 96.8 Å². The van der Waals surface area contributed by atoms with Gasteiger partial charge in [-0.25, -0.2) is 0 Å². The monoisotopic (exact) mass is 346 g/mol. The molecule has 2 heteroatoms. The lowest BCUT2D eigenvalue weighted by molar-refractivity contribution is 0.534. The molecule has 22 heavy (non-hydrogen) atoms. The first-order chi connectivity index (χ1) is 10.8. The summed E-state index contributed by atoms with van der Waals surface area (Å²) >= 11 is 9.01. The first kappa shape index (κ1) is 22.7. The maximum Gasteiger partial charge on any atom is 0.00168 e.